The van der Waals surface area contributed by atoms with E-state index in [9.17, 15) is 35.9 Å². The Kier molecular flexibility index (Phi) is 7.13. The minimum Gasteiger partial charge on any atom is -0.497 e. The topological polar surface area (TPSA) is 84.4 Å². The van der Waals surface area contributed by atoms with Gasteiger partial charge in [-0.05, 0) is 43.2 Å². The third kappa shape index (κ3) is 5.84. The molecule has 1 N–H and O–H groups in total. The van der Waals surface area contributed by atoms with Crippen LogP contribution in [0.4, 0.5) is 31.5 Å². The number of carbonyl (C=O) groups is 2. The third-order valence-electron chi connectivity index (χ3n) is 5.62. The average molecular weight is 544 g/mol. The molecule has 0 saturated carbocycles. The largest absolute Gasteiger partial charge is 0.497 e. The minimum atomic E-state index is -5.10. The zero-order valence-electron chi connectivity index (χ0n) is 19.0. The van der Waals surface area contributed by atoms with Crippen molar-refractivity contribution in [2.45, 2.75) is 31.2 Å². The first-order chi connectivity index (χ1) is 17.4. The second-order valence-electron chi connectivity index (χ2n) is 8.08. The number of anilines is 1. The van der Waals surface area contributed by atoms with Crippen LogP contribution in [-0.2, 0) is 17.1 Å². The maximum absolute atomic E-state index is 13.2. The van der Waals surface area contributed by atoms with Gasteiger partial charge in [-0.3, -0.25) is 14.9 Å². The maximum Gasteiger partial charge on any atom is 0.416 e. The van der Waals surface area contributed by atoms with Gasteiger partial charge in [0.2, 0.25) is 11.0 Å². The van der Waals surface area contributed by atoms with Crippen LogP contribution in [-0.4, -0.2) is 46.6 Å². The number of alkyl halides is 6. The molecule has 0 radical (unpaired) electrons. The van der Waals surface area contributed by atoms with Gasteiger partial charge in [0.15, 0.2) is 0 Å². The molecule has 2 heterocycles. The number of ether oxygens (including phenoxy) is 1. The Bertz CT molecular complexity index is 1290. The highest BCUT2D eigenvalue weighted by atomic mass is 32.1. The first kappa shape index (κ1) is 26.4. The smallest absolute Gasteiger partial charge is 0.416 e. The summed E-state index contributed by atoms with van der Waals surface area (Å²) in [7, 11) is 1.50. The molecule has 0 aliphatic carbocycles. The lowest BCUT2D eigenvalue weighted by Crippen LogP contribution is -2.43. The number of nitrogens with zero attached hydrogens (tertiary/aromatic N) is 3. The zero-order chi connectivity index (χ0) is 27.0. The van der Waals surface area contributed by atoms with Gasteiger partial charge in [0.25, 0.3) is 5.91 Å². The van der Waals surface area contributed by atoms with Crippen molar-refractivity contribution in [3.8, 4) is 16.3 Å². The van der Waals surface area contributed by atoms with E-state index in [0.29, 0.717) is 34.9 Å². The standard InChI is InChI=1S/C23H18F6N4O3S/c1-36-16-5-2-4-12(10-16)19-31-32-21(37-19)30-18(34)17-6-3-7-33(17)20(35)13-8-14(22(24,25)26)11-15(9-13)23(27,28)29/h2,4-5,8-11,17H,3,6-7H2,1H3,(H,30,32,34)/t17-/m1/s1. The highest BCUT2D eigenvalue weighted by molar-refractivity contribution is 7.18. The molecule has 196 valence electrons. The van der Waals surface area contributed by atoms with Crippen molar-refractivity contribution in [1.29, 1.82) is 0 Å². The first-order valence-electron chi connectivity index (χ1n) is 10.8. The van der Waals surface area contributed by atoms with Crippen LogP contribution in [0.25, 0.3) is 10.6 Å². The van der Waals surface area contributed by atoms with Crippen LogP contribution in [0.5, 0.6) is 5.75 Å². The van der Waals surface area contributed by atoms with Gasteiger partial charge in [-0.1, -0.05) is 23.5 Å². The summed E-state index contributed by atoms with van der Waals surface area (Å²) in [6.45, 7) is -0.0142. The molecular weight excluding hydrogens is 526 g/mol. The lowest BCUT2D eigenvalue weighted by atomic mass is 10.0. The summed E-state index contributed by atoms with van der Waals surface area (Å²) < 4.78 is 84.5. The van der Waals surface area contributed by atoms with Gasteiger partial charge in [-0.25, -0.2) is 0 Å². The molecule has 1 aliphatic heterocycles. The first-order valence-corrected chi connectivity index (χ1v) is 11.6. The van der Waals surface area contributed by atoms with E-state index in [4.69, 9.17) is 4.74 Å². The van der Waals surface area contributed by atoms with Gasteiger partial charge in [-0.2, -0.15) is 26.3 Å². The van der Waals surface area contributed by atoms with Crippen LogP contribution >= 0.6 is 11.3 Å². The number of aromatic nitrogens is 2. The Morgan fingerprint density at radius 1 is 1.03 bits per heavy atom. The molecule has 2 amide bonds. The summed E-state index contributed by atoms with van der Waals surface area (Å²) >= 11 is 1.04. The van der Waals surface area contributed by atoms with E-state index >= 15 is 0 Å². The summed E-state index contributed by atoms with van der Waals surface area (Å²) in [5.74, 6) is -1.20. The number of likely N-dealkylation sites (tertiary alicyclic amines) is 1. The number of hydrogen-bond acceptors (Lipinski definition) is 6. The summed E-state index contributed by atoms with van der Waals surface area (Å²) in [5, 5.41) is 11.0. The van der Waals surface area contributed by atoms with Crippen LogP contribution < -0.4 is 10.1 Å². The lowest BCUT2D eigenvalue weighted by Gasteiger charge is -2.24. The Morgan fingerprint density at radius 2 is 1.70 bits per heavy atom. The Morgan fingerprint density at radius 3 is 2.32 bits per heavy atom. The van der Waals surface area contributed by atoms with Crippen molar-refractivity contribution < 1.29 is 40.7 Å². The summed E-state index contributed by atoms with van der Waals surface area (Å²) in [6.07, 6.45) is -9.70. The summed E-state index contributed by atoms with van der Waals surface area (Å²) in [4.78, 5) is 26.9. The van der Waals surface area contributed by atoms with E-state index < -0.39 is 46.9 Å². The Balaban J connectivity index is 1.54. The molecule has 1 atom stereocenters. The van der Waals surface area contributed by atoms with Crippen molar-refractivity contribution in [3.63, 3.8) is 0 Å². The number of benzene rings is 2. The molecule has 0 bridgehead atoms. The molecule has 0 spiro atoms. The van der Waals surface area contributed by atoms with E-state index in [2.05, 4.69) is 15.5 Å². The van der Waals surface area contributed by atoms with Gasteiger partial charge in [0.05, 0.1) is 18.2 Å². The lowest BCUT2D eigenvalue weighted by molar-refractivity contribution is -0.143. The third-order valence-corrected chi connectivity index (χ3v) is 6.51. The van der Waals surface area contributed by atoms with Crippen LogP contribution in [0.15, 0.2) is 42.5 Å². The van der Waals surface area contributed by atoms with Gasteiger partial charge in [0.1, 0.15) is 16.8 Å². The van der Waals surface area contributed by atoms with Crippen molar-refractivity contribution in [2.24, 2.45) is 0 Å². The molecule has 1 aliphatic rings. The number of halogens is 6. The normalized spacial score (nSPS) is 16.1. The van der Waals surface area contributed by atoms with E-state index in [1.54, 1.807) is 24.3 Å². The Hall–Kier alpha value is -3.68. The van der Waals surface area contributed by atoms with Crippen LogP contribution in [0, 0.1) is 0 Å². The fourth-order valence-electron chi connectivity index (χ4n) is 3.86. The molecular formula is C23H18F6N4O3S. The predicted octanol–water partition coefficient (Wildman–Crippen LogP) is 5.49. The molecule has 1 fully saturated rings. The number of hydrogen-bond donors (Lipinski definition) is 1. The molecule has 4 rings (SSSR count). The summed E-state index contributed by atoms with van der Waals surface area (Å²) in [5.41, 5.74) is -3.34. The number of amides is 2. The van der Waals surface area contributed by atoms with E-state index in [1.165, 1.54) is 7.11 Å². The fraction of sp³-hybridized carbons (Fsp3) is 0.304. The molecule has 3 aromatic rings. The highest BCUT2D eigenvalue weighted by Crippen LogP contribution is 2.37. The number of carbonyl (C=O) groups excluding carboxylic acids is 2. The second kappa shape index (κ2) is 10.00. The molecule has 1 aromatic heterocycles. The predicted molar refractivity (Wildman–Crippen MR) is 121 cm³/mol. The number of methoxy groups -OCH3 is 1. The Labute approximate surface area is 210 Å². The highest BCUT2D eigenvalue weighted by Gasteiger charge is 2.40. The van der Waals surface area contributed by atoms with E-state index in [-0.39, 0.29) is 24.2 Å². The van der Waals surface area contributed by atoms with Crippen molar-refractivity contribution in [3.05, 3.63) is 59.2 Å². The number of rotatable bonds is 5. The molecule has 0 unspecified atom stereocenters. The van der Waals surface area contributed by atoms with Crippen LogP contribution in [0.3, 0.4) is 0 Å². The van der Waals surface area contributed by atoms with Gasteiger partial charge in [0, 0.05) is 17.7 Å². The molecule has 1 saturated heterocycles. The van der Waals surface area contributed by atoms with Gasteiger partial charge in [-0.15, -0.1) is 10.2 Å². The summed E-state index contributed by atoms with van der Waals surface area (Å²) in [6, 6.07) is 6.51. The van der Waals surface area contributed by atoms with Crippen LogP contribution in [0.2, 0.25) is 0 Å². The van der Waals surface area contributed by atoms with Gasteiger partial charge < -0.3 is 9.64 Å². The second-order valence-corrected chi connectivity index (χ2v) is 9.06. The molecule has 37 heavy (non-hydrogen) atoms. The quantitative estimate of drug-likeness (QED) is 0.430. The van der Waals surface area contributed by atoms with Crippen LogP contribution in [0.1, 0.15) is 34.3 Å². The van der Waals surface area contributed by atoms with Gasteiger partial charge >= 0.3 is 12.4 Å². The zero-order valence-corrected chi connectivity index (χ0v) is 19.8. The van der Waals surface area contributed by atoms with Crippen molar-refractivity contribution in [1.82, 2.24) is 15.1 Å². The SMILES string of the molecule is COc1cccc(-c2nnc(NC(=O)[C@H]3CCCN3C(=O)c3cc(C(F)(F)F)cc(C(F)(F)F)c3)s2)c1. The molecule has 14 heteroatoms. The molecule has 7 nitrogen and oxygen atoms in total. The van der Waals surface area contributed by atoms with E-state index in [1.807, 2.05) is 0 Å². The molecule has 2 aromatic carbocycles. The van der Waals surface area contributed by atoms with Crippen molar-refractivity contribution >= 4 is 28.3 Å². The van der Waals surface area contributed by atoms with E-state index in [0.717, 1.165) is 16.2 Å². The number of nitrogens with one attached hydrogen (secondary N) is 1. The fourth-order valence-corrected chi connectivity index (χ4v) is 4.60. The van der Waals surface area contributed by atoms with Crippen molar-refractivity contribution in [2.75, 3.05) is 19.0 Å². The average Bonchev–Trinajstić information content (AvgIpc) is 3.52. The minimum absolute atomic E-state index is 0.0142. The maximum atomic E-state index is 13.2. The monoisotopic (exact) mass is 544 g/mol.